The normalized spacial score (nSPS) is 21.6. The lowest BCUT2D eigenvalue weighted by Crippen LogP contribution is -2.18. The summed E-state index contributed by atoms with van der Waals surface area (Å²) >= 11 is 0. The maximum absolute atomic E-state index is 3.76. The van der Waals surface area contributed by atoms with Crippen LogP contribution in [-0.2, 0) is 0 Å². The molecule has 0 bridgehead atoms. The average molecular weight is 216 g/mol. The van der Waals surface area contributed by atoms with Crippen molar-refractivity contribution in [3.05, 3.63) is 47.6 Å². The average Bonchev–Trinajstić information content (AvgIpc) is 2.21. The van der Waals surface area contributed by atoms with Crippen molar-refractivity contribution >= 4 is 0 Å². The number of hydrogen-bond acceptors (Lipinski definition) is 0. The van der Waals surface area contributed by atoms with Gasteiger partial charge in [-0.25, -0.2) is 0 Å². The maximum atomic E-state index is 3.76. The minimum Gasteiger partial charge on any atom is -0.0988 e. The van der Waals surface area contributed by atoms with Crippen molar-refractivity contribution in [2.45, 2.75) is 47.0 Å². The lowest BCUT2D eigenvalue weighted by Gasteiger charge is -2.32. The van der Waals surface area contributed by atoms with E-state index in [0.717, 1.165) is 0 Å². The molecule has 0 aromatic heterocycles. The van der Waals surface area contributed by atoms with Crippen LogP contribution in [0.1, 0.15) is 47.0 Å². The molecule has 0 heteroatoms. The molecule has 0 fully saturated rings. The van der Waals surface area contributed by atoms with Gasteiger partial charge in [-0.3, -0.25) is 0 Å². The van der Waals surface area contributed by atoms with E-state index in [0.29, 0.717) is 5.41 Å². The van der Waals surface area contributed by atoms with Crippen molar-refractivity contribution in [2.24, 2.45) is 5.41 Å². The summed E-state index contributed by atoms with van der Waals surface area (Å²) in [5.74, 6) is 0. The molecule has 1 aliphatic rings. The first-order valence-electron chi connectivity index (χ1n) is 6.15. The van der Waals surface area contributed by atoms with Gasteiger partial charge in [0.15, 0.2) is 0 Å². The van der Waals surface area contributed by atoms with Gasteiger partial charge in [0.25, 0.3) is 0 Å². The smallest absolute Gasteiger partial charge is 0.0104 e. The van der Waals surface area contributed by atoms with Crippen molar-refractivity contribution in [1.82, 2.24) is 0 Å². The SMILES string of the molecule is C=CC(C)=CC=CC1=C(C)CCCC1(C)C. The van der Waals surface area contributed by atoms with Crippen LogP contribution in [0.3, 0.4) is 0 Å². The van der Waals surface area contributed by atoms with E-state index in [2.05, 4.69) is 52.5 Å². The monoisotopic (exact) mass is 216 g/mol. The van der Waals surface area contributed by atoms with E-state index in [1.165, 1.54) is 30.4 Å². The lowest BCUT2D eigenvalue weighted by molar-refractivity contribution is 0.377. The highest BCUT2D eigenvalue weighted by atomic mass is 14.3. The first-order chi connectivity index (χ1) is 7.47. The van der Waals surface area contributed by atoms with Crippen LogP contribution in [0.5, 0.6) is 0 Å². The third-order valence-electron chi connectivity index (χ3n) is 3.49. The van der Waals surface area contributed by atoms with E-state index in [1.807, 2.05) is 6.08 Å². The number of hydrogen-bond donors (Lipinski definition) is 0. The van der Waals surface area contributed by atoms with Crippen LogP contribution in [0, 0.1) is 5.41 Å². The molecule has 0 aliphatic heterocycles. The highest BCUT2D eigenvalue weighted by Gasteiger charge is 2.26. The highest BCUT2D eigenvalue weighted by Crippen LogP contribution is 2.40. The van der Waals surface area contributed by atoms with E-state index in [-0.39, 0.29) is 0 Å². The van der Waals surface area contributed by atoms with Crippen molar-refractivity contribution in [2.75, 3.05) is 0 Å². The third-order valence-corrected chi connectivity index (χ3v) is 3.49. The molecule has 0 radical (unpaired) electrons. The van der Waals surface area contributed by atoms with Gasteiger partial charge in [-0.15, -0.1) is 0 Å². The molecular formula is C16H24. The molecule has 0 spiro atoms. The van der Waals surface area contributed by atoms with E-state index in [4.69, 9.17) is 0 Å². The molecule has 1 aliphatic carbocycles. The summed E-state index contributed by atoms with van der Waals surface area (Å²) in [6.07, 6.45) is 12.3. The van der Waals surface area contributed by atoms with Crippen LogP contribution in [0.2, 0.25) is 0 Å². The zero-order valence-electron chi connectivity index (χ0n) is 11.1. The summed E-state index contributed by atoms with van der Waals surface area (Å²) in [7, 11) is 0. The van der Waals surface area contributed by atoms with E-state index >= 15 is 0 Å². The van der Waals surface area contributed by atoms with Crippen LogP contribution in [0.25, 0.3) is 0 Å². The Morgan fingerprint density at radius 1 is 1.38 bits per heavy atom. The van der Waals surface area contributed by atoms with E-state index < -0.39 is 0 Å². The topological polar surface area (TPSA) is 0 Å². The molecule has 1 rings (SSSR count). The van der Waals surface area contributed by atoms with Crippen molar-refractivity contribution < 1.29 is 0 Å². The lowest BCUT2D eigenvalue weighted by atomic mass is 9.72. The Labute approximate surface area is 100 Å². The molecule has 0 nitrogen and oxygen atoms in total. The molecule has 0 amide bonds. The largest absolute Gasteiger partial charge is 0.0988 e. The Morgan fingerprint density at radius 2 is 2.06 bits per heavy atom. The molecule has 0 aromatic carbocycles. The van der Waals surface area contributed by atoms with Gasteiger partial charge in [-0.05, 0) is 44.1 Å². The maximum Gasteiger partial charge on any atom is -0.0104 e. The van der Waals surface area contributed by atoms with Gasteiger partial charge in [0.1, 0.15) is 0 Å². The van der Waals surface area contributed by atoms with Crippen molar-refractivity contribution in [3.63, 3.8) is 0 Å². The number of rotatable bonds is 3. The summed E-state index contributed by atoms with van der Waals surface area (Å²) < 4.78 is 0. The fraction of sp³-hybridized carbons (Fsp3) is 0.500. The second kappa shape index (κ2) is 5.34. The second-order valence-corrected chi connectivity index (χ2v) is 5.41. The zero-order chi connectivity index (χ0) is 12.2. The van der Waals surface area contributed by atoms with Gasteiger partial charge in [0, 0.05) is 0 Å². The molecule has 0 N–H and O–H groups in total. The Morgan fingerprint density at radius 3 is 2.62 bits per heavy atom. The summed E-state index contributed by atoms with van der Waals surface area (Å²) in [6, 6.07) is 0. The molecule has 0 saturated heterocycles. The van der Waals surface area contributed by atoms with Crippen LogP contribution >= 0.6 is 0 Å². The Bertz CT molecular complexity index is 348. The van der Waals surface area contributed by atoms with Gasteiger partial charge in [-0.2, -0.15) is 0 Å². The van der Waals surface area contributed by atoms with Crippen molar-refractivity contribution in [3.8, 4) is 0 Å². The molecule has 16 heavy (non-hydrogen) atoms. The van der Waals surface area contributed by atoms with Gasteiger partial charge in [0.2, 0.25) is 0 Å². The Balaban J connectivity index is 2.89. The summed E-state index contributed by atoms with van der Waals surface area (Å²) in [5, 5.41) is 0. The minimum absolute atomic E-state index is 0.342. The summed E-state index contributed by atoms with van der Waals surface area (Å²) in [6.45, 7) is 12.8. The van der Waals surface area contributed by atoms with Crippen LogP contribution in [0.4, 0.5) is 0 Å². The first-order valence-corrected chi connectivity index (χ1v) is 6.15. The van der Waals surface area contributed by atoms with Crippen LogP contribution in [0.15, 0.2) is 47.6 Å². The number of allylic oxidation sites excluding steroid dienone is 7. The second-order valence-electron chi connectivity index (χ2n) is 5.41. The van der Waals surface area contributed by atoms with Crippen molar-refractivity contribution in [1.29, 1.82) is 0 Å². The minimum atomic E-state index is 0.342. The van der Waals surface area contributed by atoms with Crippen LogP contribution in [-0.4, -0.2) is 0 Å². The quantitative estimate of drug-likeness (QED) is 0.569. The molecule has 0 saturated carbocycles. The third kappa shape index (κ3) is 3.23. The van der Waals surface area contributed by atoms with Gasteiger partial charge in [0.05, 0.1) is 0 Å². The molecule has 0 aromatic rings. The molecular weight excluding hydrogens is 192 g/mol. The molecule has 0 heterocycles. The van der Waals surface area contributed by atoms with Crippen LogP contribution < -0.4 is 0 Å². The molecule has 88 valence electrons. The standard InChI is InChI=1S/C16H24/c1-6-13(2)9-7-11-15-14(3)10-8-12-16(15,4)5/h6-7,9,11H,1,8,10,12H2,2-5H3. The predicted molar refractivity (Wildman–Crippen MR) is 73.4 cm³/mol. The molecule has 0 unspecified atom stereocenters. The molecule has 0 atom stereocenters. The first kappa shape index (κ1) is 13.0. The Kier molecular flexibility index (Phi) is 4.35. The van der Waals surface area contributed by atoms with Gasteiger partial charge >= 0.3 is 0 Å². The predicted octanol–water partition coefficient (Wildman–Crippen LogP) is 5.20. The fourth-order valence-electron chi connectivity index (χ4n) is 2.37. The summed E-state index contributed by atoms with van der Waals surface area (Å²) in [5.41, 5.74) is 4.63. The van der Waals surface area contributed by atoms with Gasteiger partial charge in [-0.1, -0.05) is 55.9 Å². The van der Waals surface area contributed by atoms with E-state index in [1.54, 1.807) is 5.57 Å². The summed E-state index contributed by atoms with van der Waals surface area (Å²) in [4.78, 5) is 0. The van der Waals surface area contributed by atoms with Gasteiger partial charge < -0.3 is 0 Å². The zero-order valence-corrected chi connectivity index (χ0v) is 11.1. The fourth-order valence-corrected chi connectivity index (χ4v) is 2.37. The Hall–Kier alpha value is -1.04. The van der Waals surface area contributed by atoms with E-state index in [9.17, 15) is 0 Å². The highest BCUT2D eigenvalue weighted by molar-refractivity contribution is 5.35.